The summed E-state index contributed by atoms with van der Waals surface area (Å²) < 4.78 is 19.7. The third-order valence-electron chi connectivity index (χ3n) is 2.73. The molecule has 1 heterocycles. The molecule has 0 aliphatic heterocycles. The van der Waals surface area contributed by atoms with Gasteiger partial charge in [-0.25, -0.2) is 9.18 Å². The molecular weight excluding hydrogens is 251 g/mol. The molecule has 0 aliphatic carbocycles. The predicted octanol–water partition coefficient (Wildman–Crippen LogP) is 1.77. The van der Waals surface area contributed by atoms with Crippen molar-refractivity contribution in [3.63, 3.8) is 0 Å². The van der Waals surface area contributed by atoms with E-state index in [-0.39, 0.29) is 12.2 Å². The van der Waals surface area contributed by atoms with E-state index in [2.05, 4.69) is 4.74 Å². The number of nitrogens with zero attached hydrogens (tertiary/aromatic N) is 1. The average Bonchev–Trinajstić information content (AvgIpc) is 2.78. The second-order valence-corrected chi connectivity index (χ2v) is 3.92. The lowest BCUT2D eigenvalue weighted by atomic mass is 10.2. The van der Waals surface area contributed by atoms with Gasteiger partial charge >= 0.3 is 5.97 Å². The molecule has 0 saturated heterocycles. The van der Waals surface area contributed by atoms with Gasteiger partial charge in [0.2, 0.25) is 0 Å². The van der Waals surface area contributed by atoms with E-state index < -0.39 is 18.2 Å². The molecule has 19 heavy (non-hydrogen) atoms. The van der Waals surface area contributed by atoms with Gasteiger partial charge in [0, 0.05) is 11.6 Å². The summed E-state index contributed by atoms with van der Waals surface area (Å²) in [4.78, 5) is 22.7. The minimum absolute atomic E-state index is 0.0845. The topological polar surface area (TPSA) is 74.3 Å². The fourth-order valence-electron chi connectivity index (χ4n) is 1.91. The van der Waals surface area contributed by atoms with Gasteiger partial charge in [0.05, 0.1) is 17.7 Å². The fraction of sp³-hybridized carbons (Fsp3) is 0.231. The number of fused-ring (bicyclic) bond motifs is 1. The van der Waals surface area contributed by atoms with Crippen LogP contribution in [0, 0.1) is 0 Å². The van der Waals surface area contributed by atoms with Crippen molar-refractivity contribution in [1.29, 1.82) is 0 Å². The summed E-state index contributed by atoms with van der Waals surface area (Å²) in [5.74, 6) is -1.68. The number of para-hydroxylation sites is 1. The first-order chi connectivity index (χ1) is 9.06. The fourth-order valence-corrected chi connectivity index (χ4v) is 1.91. The lowest BCUT2D eigenvalue weighted by Gasteiger charge is -2.10. The maximum atomic E-state index is 14.1. The first-order valence-corrected chi connectivity index (χ1v) is 5.76. The number of carbonyl (C=O) groups is 2. The SMILES string of the molecule is CCOC(=O)C(F)n1cc(C(N)=O)c2ccccc21. The number of esters is 1. The van der Waals surface area contributed by atoms with E-state index >= 15 is 0 Å². The number of rotatable bonds is 4. The number of primary amides is 1. The zero-order valence-corrected chi connectivity index (χ0v) is 10.3. The molecule has 6 heteroatoms. The Morgan fingerprint density at radius 1 is 1.42 bits per heavy atom. The highest BCUT2D eigenvalue weighted by molar-refractivity contribution is 6.06. The maximum Gasteiger partial charge on any atom is 0.362 e. The van der Waals surface area contributed by atoms with E-state index in [9.17, 15) is 14.0 Å². The Labute approximate surface area is 108 Å². The Balaban J connectivity index is 2.55. The molecule has 1 aromatic heterocycles. The highest BCUT2D eigenvalue weighted by Crippen LogP contribution is 2.25. The van der Waals surface area contributed by atoms with E-state index in [0.29, 0.717) is 10.9 Å². The van der Waals surface area contributed by atoms with Crippen LogP contribution >= 0.6 is 0 Å². The van der Waals surface area contributed by atoms with E-state index in [1.165, 1.54) is 6.20 Å². The smallest absolute Gasteiger partial charge is 0.362 e. The van der Waals surface area contributed by atoms with Crippen molar-refractivity contribution in [3.8, 4) is 0 Å². The standard InChI is InChI=1S/C13H13FN2O3/c1-2-19-13(18)11(14)16-7-9(12(15)17)8-5-3-4-6-10(8)16/h3-7,11H,2H2,1H3,(H2,15,17). The summed E-state index contributed by atoms with van der Waals surface area (Å²) in [6, 6.07) is 6.63. The molecule has 2 rings (SSSR count). The number of halogens is 1. The second kappa shape index (κ2) is 5.09. The molecule has 0 radical (unpaired) electrons. The Bertz CT molecular complexity index is 636. The van der Waals surface area contributed by atoms with Crippen LogP contribution in [0.1, 0.15) is 23.6 Å². The van der Waals surface area contributed by atoms with Gasteiger partial charge in [-0.3, -0.25) is 4.79 Å². The van der Waals surface area contributed by atoms with Crippen molar-refractivity contribution < 1.29 is 18.7 Å². The lowest BCUT2D eigenvalue weighted by Crippen LogP contribution is -2.17. The molecule has 5 nitrogen and oxygen atoms in total. The number of ether oxygens (including phenoxy) is 1. The van der Waals surface area contributed by atoms with Crippen LogP contribution in [0.25, 0.3) is 10.9 Å². The Kier molecular flexibility index (Phi) is 3.50. The molecule has 1 unspecified atom stereocenters. The quantitative estimate of drug-likeness (QED) is 0.855. The van der Waals surface area contributed by atoms with Gasteiger partial charge in [-0.1, -0.05) is 18.2 Å². The van der Waals surface area contributed by atoms with E-state index in [4.69, 9.17) is 5.73 Å². The van der Waals surface area contributed by atoms with Crippen molar-refractivity contribution in [1.82, 2.24) is 4.57 Å². The predicted molar refractivity (Wildman–Crippen MR) is 67.2 cm³/mol. The van der Waals surface area contributed by atoms with E-state index in [1.807, 2.05) is 0 Å². The number of benzene rings is 1. The summed E-state index contributed by atoms with van der Waals surface area (Å²) in [6.07, 6.45) is -0.771. The summed E-state index contributed by atoms with van der Waals surface area (Å²) in [5, 5.41) is 0.502. The van der Waals surface area contributed by atoms with Crippen LogP contribution in [0.15, 0.2) is 30.5 Å². The van der Waals surface area contributed by atoms with Crippen molar-refractivity contribution >= 4 is 22.8 Å². The van der Waals surface area contributed by atoms with E-state index in [1.54, 1.807) is 31.2 Å². The first kappa shape index (κ1) is 13.1. The van der Waals surface area contributed by atoms with E-state index in [0.717, 1.165) is 4.57 Å². The Morgan fingerprint density at radius 3 is 2.74 bits per heavy atom. The van der Waals surface area contributed by atoms with Crippen LogP contribution in [0.4, 0.5) is 4.39 Å². The van der Waals surface area contributed by atoms with Crippen LogP contribution in [0.5, 0.6) is 0 Å². The number of carbonyl (C=O) groups excluding carboxylic acids is 2. The molecule has 1 atom stereocenters. The zero-order valence-electron chi connectivity index (χ0n) is 10.3. The van der Waals surface area contributed by atoms with Crippen molar-refractivity contribution in [2.24, 2.45) is 5.73 Å². The van der Waals surface area contributed by atoms with Crippen molar-refractivity contribution in [2.75, 3.05) is 6.61 Å². The average molecular weight is 264 g/mol. The monoisotopic (exact) mass is 264 g/mol. The molecule has 0 aliphatic rings. The van der Waals surface area contributed by atoms with Crippen molar-refractivity contribution in [2.45, 2.75) is 13.2 Å². The molecule has 0 saturated carbocycles. The largest absolute Gasteiger partial charge is 0.462 e. The summed E-state index contributed by atoms with van der Waals surface area (Å²) in [7, 11) is 0. The minimum atomic E-state index is -2.00. The number of alkyl halides is 1. The molecule has 1 amide bonds. The zero-order chi connectivity index (χ0) is 14.0. The number of nitrogens with two attached hydrogens (primary N) is 1. The summed E-state index contributed by atoms with van der Waals surface area (Å²) in [6.45, 7) is 1.67. The van der Waals surface area contributed by atoms with Gasteiger partial charge in [0.25, 0.3) is 12.2 Å². The van der Waals surface area contributed by atoms with Gasteiger partial charge in [-0.2, -0.15) is 0 Å². The minimum Gasteiger partial charge on any atom is -0.462 e. The Morgan fingerprint density at radius 2 is 2.11 bits per heavy atom. The molecule has 2 aromatic rings. The number of hydrogen-bond acceptors (Lipinski definition) is 3. The lowest BCUT2D eigenvalue weighted by molar-refractivity contribution is -0.152. The molecule has 2 N–H and O–H groups in total. The van der Waals surface area contributed by atoms with Crippen LogP contribution in [0.2, 0.25) is 0 Å². The van der Waals surface area contributed by atoms with Crippen LogP contribution in [-0.2, 0) is 9.53 Å². The normalized spacial score (nSPS) is 12.3. The third-order valence-corrected chi connectivity index (χ3v) is 2.73. The number of amides is 1. The highest BCUT2D eigenvalue weighted by atomic mass is 19.1. The number of hydrogen-bond donors (Lipinski definition) is 1. The third kappa shape index (κ3) is 2.29. The highest BCUT2D eigenvalue weighted by Gasteiger charge is 2.24. The number of aromatic nitrogens is 1. The van der Waals surface area contributed by atoms with Crippen LogP contribution < -0.4 is 5.73 Å². The van der Waals surface area contributed by atoms with Crippen LogP contribution in [-0.4, -0.2) is 23.1 Å². The van der Waals surface area contributed by atoms with Crippen molar-refractivity contribution in [3.05, 3.63) is 36.0 Å². The van der Waals surface area contributed by atoms with Crippen LogP contribution in [0.3, 0.4) is 0 Å². The summed E-state index contributed by atoms with van der Waals surface area (Å²) >= 11 is 0. The van der Waals surface area contributed by atoms with Gasteiger partial charge < -0.3 is 15.0 Å². The Hall–Kier alpha value is -2.37. The second-order valence-electron chi connectivity index (χ2n) is 3.92. The molecule has 0 spiro atoms. The molecular formula is C13H13FN2O3. The first-order valence-electron chi connectivity index (χ1n) is 5.76. The van der Waals surface area contributed by atoms with Gasteiger partial charge in [-0.05, 0) is 13.0 Å². The molecule has 0 bridgehead atoms. The molecule has 100 valence electrons. The van der Waals surface area contributed by atoms with Gasteiger partial charge in [-0.15, -0.1) is 0 Å². The van der Waals surface area contributed by atoms with Gasteiger partial charge in [0.1, 0.15) is 0 Å². The maximum absolute atomic E-state index is 14.1. The molecule has 0 fully saturated rings. The summed E-state index contributed by atoms with van der Waals surface area (Å²) in [5.41, 5.74) is 5.82. The molecule has 1 aromatic carbocycles. The van der Waals surface area contributed by atoms with Gasteiger partial charge in [0.15, 0.2) is 0 Å².